The zero-order chi connectivity index (χ0) is 19.3. The van der Waals surface area contributed by atoms with Gasteiger partial charge < -0.3 is 14.6 Å². The molecule has 1 aromatic heterocycles. The Balaban J connectivity index is 1.23. The lowest BCUT2D eigenvalue weighted by Gasteiger charge is -2.35. The van der Waals surface area contributed by atoms with Gasteiger partial charge in [-0.2, -0.15) is 5.26 Å². The van der Waals surface area contributed by atoms with E-state index in [-0.39, 0.29) is 17.7 Å². The van der Waals surface area contributed by atoms with Crippen molar-refractivity contribution in [2.45, 2.75) is 18.9 Å². The fraction of sp³-hybridized carbons (Fsp3) is 0.227. The van der Waals surface area contributed by atoms with Crippen LogP contribution in [0.15, 0.2) is 65.2 Å². The van der Waals surface area contributed by atoms with Gasteiger partial charge in [0.25, 0.3) is 5.91 Å². The van der Waals surface area contributed by atoms with E-state index >= 15 is 0 Å². The minimum atomic E-state index is -0.244. The van der Waals surface area contributed by atoms with Gasteiger partial charge in [0, 0.05) is 17.7 Å². The maximum atomic E-state index is 12.3. The summed E-state index contributed by atoms with van der Waals surface area (Å²) in [7, 11) is 0. The highest BCUT2D eigenvalue weighted by molar-refractivity contribution is 5.92. The Morgan fingerprint density at radius 1 is 1.18 bits per heavy atom. The van der Waals surface area contributed by atoms with Gasteiger partial charge in [0.2, 0.25) is 5.76 Å². The molecular weight excluding hydrogens is 354 g/mol. The molecule has 4 rings (SSSR count). The first-order valence-corrected chi connectivity index (χ1v) is 9.17. The monoisotopic (exact) mass is 373 g/mol. The Hall–Kier alpha value is -3.59. The molecule has 0 bridgehead atoms. The van der Waals surface area contributed by atoms with Crippen molar-refractivity contribution in [2.24, 2.45) is 5.92 Å². The van der Waals surface area contributed by atoms with Crippen LogP contribution in [0.4, 0.5) is 0 Å². The van der Waals surface area contributed by atoms with E-state index < -0.39 is 0 Å². The minimum absolute atomic E-state index is 0.118. The lowest BCUT2D eigenvalue weighted by molar-refractivity contribution is 0.0815. The highest BCUT2D eigenvalue weighted by Gasteiger charge is 2.31. The third kappa shape index (κ3) is 4.04. The molecule has 6 heteroatoms. The number of rotatable bonds is 6. The molecule has 3 aromatic rings. The number of ether oxygens (including phenoxy) is 1. The second kappa shape index (κ2) is 7.97. The van der Waals surface area contributed by atoms with Crippen molar-refractivity contribution in [2.75, 3.05) is 6.61 Å². The lowest BCUT2D eigenvalue weighted by Crippen LogP contribution is -2.45. The van der Waals surface area contributed by atoms with Crippen LogP contribution in [0.2, 0.25) is 0 Å². The number of nitrogens with zero attached hydrogens (tertiary/aromatic N) is 2. The summed E-state index contributed by atoms with van der Waals surface area (Å²) >= 11 is 0. The molecule has 1 heterocycles. The van der Waals surface area contributed by atoms with Gasteiger partial charge in [0.1, 0.15) is 11.4 Å². The Labute approximate surface area is 162 Å². The molecule has 1 aliphatic carbocycles. The average Bonchev–Trinajstić information content (AvgIpc) is 3.21. The molecule has 140 valence electrons. The zero-order valence-corrected chi connectivity index (χ0v) is 15.2. The molecule has 2 aromatic carbocycles. The quantitative estimate of drug-likeness (QED) is 0.710. The SMILES string of the molecule is N#Cc1ccc(OC[C@H]2C[C@@H](NC(=O)c3cc(-c4ccccc4)no3)C2)cc1. The van der Waals surface area contributed by atoms with Crippen LogP contribution in [0, 0.1) is 17.2 Å². The van der Waals surface area contributed by atoms with Crippen LogP contribution < -0.4 is 10.1 Å². The summed E-state index contributed by atoms with van der Waals surface area (Å²) in [6.07, 6.45) is 1.73. The highest BCUT2D eigenvalue weighted by Crippen LogP contribution is 2.29. The summed E-state index contributed by atoms with van der Waals surface area (Å²) in [4.78, 5) is 12.3. The fourth-order valence-corrected chi connectivity index (χ4v) is 3.21. The first-order chi connectivity index (χ1) is 13.7. The maximum absolute atomic E-state index is 12.3. The molecule has 1 amide bonds. The van der Waals surface area contributed by atoms with Crippen molar-refractivity contribution in [3.63, 3.8) is 0 Å². The van der Waals surface area contributed by atoms with Gasteiger partial charge in [-0.05, 0) is 43.0 Å². The highest BCUT2D eigenvalue weighted by atomic mass is 16.5. The van der Waals surface area contributed by atoms with Crippen molar-refractivity contribution < 1.29 is 14.1 Å². The van der Waals surface area contributed by atoms with Crippen LogP contribution in [-0.4, -0.2) is 23.7 Å². The van der Waals surface area contributed by atoms with Crippen molar-refractivity contribution in [3.8, 4) is 23.1 Å². The van der Waals surface area contributed by atoms with E-state index in [2.05, 4.69) is 16.5 Å². The van der Waals surface area contributed by atoms with E-state index in [0.717, 1.165) is 24.2 Å². The third-order valence-corrected chi connectivity index (χ3v) is 4.84. The second-order valence-electron chi connectivity index (χ2n) is 6.90. The first kappa shape index (κ1) is 17.8. The number of hydrogen-bond acceptors (Lipinski definition) is 5. The molecule has 1 N–H and O–H groups in total. The van der Waals surface area contributed by atoms with Gasteiger partial charge >= 0.3 is 0 Å². The Morgan fingerprint density at radius 2 is 1.93 bits per heavy atom. The van der Waals surface area contributed by atoms with Crippen LogP contribution in [0.5, 0.6) is 5.75 Å². The van der Waals surface area contributed by atoms with E-state index in [0.29, 0.717) is 23.8 Å². The van der Waals surface area contributed by atoms with Gasteiger partial charge in [0.05, 0.1) is 18.2 Å². The molecule has 0 aliphatic heterocycles. The van der Waals surface area contributed by atoms with Crippen LogP contribution in [0.25, 0.3) is 11.3 Å². The molecular formula is C22H19N3O3. The smallest absolute Gasteiger partial charge is 0.290 e. The standard InChI is InChI=1S/C22H19N3O3/c23-13-15-6-8-19(9-7-15)27-14-16-10-18(11-16)24-22(26)21-12-20(25-28-21)17-4-2-1-3-5-17/h1-9,12,16,18H,10-11,14H2,(H,24,26)/t16-,18+. The number of carbonyl (C=O) groups excluding carboxylic acids is 1. The molecule has 6 nitrogen and oxygen atoms in total. The fourth-order valence-electron chi connectivity index (χ4n) is 3.21. The number of amides is 1. The Morgan fingerprint density at radius 3 is 2.64 bits per heavy atom. The molecule has 1 aliphatic rings. The molecule has 28 heavy (non-hydrogen) atoms. The number of nitriles is 1. The number of hydrogen-bond donors (Lipinski definition) is 1. The number of aromatic nitrogens is 1. The molecule has 0 radical (unpaired) electrons. The van der Waals surface area contributed by atoms with Crippen molar-refractivity contribution >= 4 is 5.91 Å². The Bertz CT molecular complexity index is 984. The summed E-state index contributed by atoms with van der Waals surface area (Å²) in [5.74, 6) is 1.12. The minimum Gasteiger partial charge on any atom is -0.493 e. The van der Waals surface area contributed by atoms with E-state index in [4.69, 9.17) is 14.5 Å². The maximum Gasteiger partial charge on any atom is 0.290 e. The van der Waals surface area contributed by atoms with E-state index in [9.17, 15) is 4.79 Å². The van der Waals surface area contributed by atoms with Crippen LogP contribution in [0.1, 0.15) is 29.0 Å². The summed E-state index contributed by atoms with van der Waals surface area (Å²) in [6, 6.07) is 20.5. The predicted octanol–water partition coefficient (Wildman–Crippen LogP) is 3.80. The van der Waals surface area contributed by atoms with Crippen LogP contribution in [-0.2, 0) is 0 Å². The second-order valence-corrected chi connectivity index (χ2v) is 6.90. The number of carbonyl (C=O) groups is 1. The van der Waals surface area contributed by atoms with Gasteiger partial charge in [-0.25, -0.2) is 0 Å². The molecule has 0 unspecified atom stereocenters. The average molecular weight is 373 g/mol. The Kier molecular flexibility index (Phi) is 5.07. The topological polar surface area (TPSA) is 88.1 Å². The lowest BCUT2D eigenvalue weighted by atomic mass is 9.81. The van der Waals surface area contributed by atoms with Gasteiger partial charge in [-0.3, -0.25) is 4.79 Å². The summed E-state index contributed by atoms with van der Waals surface area (Å²) in [5.41, 5.74) is 2.17. The van der Waals surface area contributed by atoms with Gasteiger partial charge in [-0.15, -0.1) is 0 Å². The normalized spacial score (nSPS) is 18.0. The van der Waals surface area contributed by atoms with E-state index in [1.54, 1.807) is 30.3 Å². The third-order valence-electron chi connectivity index (χ3n) is 4.84. The van der Waals surface area contributed by atoms with Gasteiger partial charge in [0.15, 0.2) is 0 Å². The van der Waals surface area contributed by atoms with Crippen molar-refractivity contribution in [1.82, 2.24) is 10.5 Å². The van der Waals surface area contributed by atoms with E-state index in [1.807, 2.05) is 30.3 Å². The number of nitrogens with one attached hydrogen (secondary N) is 1. The summed E-state index contributed by atoms with van der Waals surface area (Å²) < 4.78 is 10.9. The van der Waals surface area contributed by atoms with Crippen LogP contribution >= 0.6 is 0 Å². The van der Waals surface area contributed by atoms with Crippen molar-refractivity contribution in [1.29, 1.82) is 5.26 Å². The molecule has 0 spiro atoms. The molecule has 1 fully saturated rings. The van der Waals surface area contributed by atoms with Crippen molar-refractivity contribution in [3.05, 3.63) is 72.0 Å². The van der Waals surface area contributed by atoms with Gasteiger partial charge in [-0.1, -0.05) is 35.5 Å². The molecule has 0 saturated heterocycles. The predicted molar refractivity (Wildman–Crippen MR) is 103 cm³/mol. The summed E-state index contributed by atoms with van der Waals surface area (Å²) in [6.45, 7) is 0.596. The summed E-state index contributed by atoms with van der Waals surface area (Å²) in [5, 5.41) is 15.8. The first-order valence-electron chi connectivity index (χ1n) is 9.17. The zero-order valence-electron chi connectivity index (χ0n) is 15.2. The van der Waals surface area contributed by atoms with Crippen LogP contribution in [0.3, 0.4) is 0 Å². The largest absolute Gasteiger partial charge is 0.493 e. The molecule has 0 atom stereocenters. The number of benzene rings is 2. The molecule has 1 saturated carbocycles. The van der Waals surface area contributed by atoms with E-state index in [1.165, 1.54) is 0 Å².